The average Bonchev–Trinajstić information content (AvgIpc) is 3.17. The van der Waals surface area contributed by atoms with Crippen molar-refractivity contribution in [2.75, 3.05) is 14.2 Å². The number of hydrogen-bond acceptors (Lipinski definition) is 5. The maximum absolute atomic E-state index is 12.9. The summed E-state index contributed by atoms with van der Waals surface area (Å²) in [4.78, 5) is 12.9. The van der Waals surface area contributed by atoms with Crippen molar-refractivity contribution in [3.63, 3.8) is 0 Å². The number of furan rings is 1. The standard InChI is InChI=1S/C22H20O5/c1-4-7-15-20(24)19(22(26-3)16-12-13-27-21(15)16)17(23)11-10-14-8-5-6-9-18(14)25-2/h4-6,8-13,24H,1,7H2,2-3H3/b11-10+. The number of rotatable bonds is 7. The van der Waals surface area contributed by atoms with E-state index < -0.39 is 0 Å². The van der Waals surface area contributed by atoms with Crippen molar-refractivity contribution in [1.82, 2.24) is 0 Å². The Morgan fingerprint density at radius 1 is 1.22 bits per heavy atom. The van der Waals surface area contributed by atoms with Crippen LogP contribution in [0.2, 0.25) is 0 Å². The second-order valence-electron chi connectivity index (χ2n) is 5.83. The monoisotopic (exact) mass is 364 g/mol. The molecular formula is C22H20O5. The predicted octanol–water partition coefficient (Wildman–Crippen LogP) is 4.78. The van der Waals surface area contributed by atoms with Gasteiger partial charge >= 0.3 is 0 Å². The van der Waals surface area contributed by atoms with Crippen molar-refractivity contribution in [2.45, 2.75) is 6.42 Å². The number of ketones is 1. The van der Waals surface area contributed by atoms with Crippen LogP contribution >= 0.6 is 0 Å². The van der Waals surface area contributed by atoms with Crippen LogP contribution in [-0.4, -0.2) is 25.1 Å². The molecule has 138 valence electrons. The van der Waals surface area contributed by atoms with Crippen molar-refractivity contribution in [2.24, 2.45) is 0 Å². The third-order valence-electron chi connectivity index (χ3n) is 4.29. The Bertz CT molecular complexity index is 1030. The molecule has 0 aliphatic carbocycles. The van der Waals surface area contributed by atoms with Gasteiger partial charge in [-0.15, -0.1) is 6.58 Å². The van der Waals surface area contributed by atoms with Crippen molar-refractivity contribution >= 4 is 22.8 Å². The van der Waals surface area contributed by atoms with Crippen LogP contribution in [0.4, 0.5) is 0 Å². The van der Waals surface area contributed by atoms with E-state index in [0.29, 0.717) is 28.7 Å². The Kier molecular flexibility index (Phi) is 5.31. The Labute approximate surface area is 157 Å². The van der Waals surface area contributed by atoms with E-state index >= 15 is 0 Å². The maximum atomic E-state index is 12.9. The van der Waals surface area contributed by atoms with Crippen molar-refractivity contribution in [1.29, 1.82) is 0 Å². The normalized spacial score (nSPS) is 11.0. The molecule has 3 aromatic rings. The summed E-state index contributed by atoms with van der Waals surface area (Å²) in [5.74, 6) is 0.377. The lowest BCUT2D eigenvalue weighted by atomic mass is 9.98. The van der Waals surface area contributed by atoms with Gasteiger partial charge in [0.2, 0.25) is 0 Å². The molecule has 0 saturated heterocycles. The fourth-order valence-electron chi connectivity index (χ4n) is 3.05. The number of methoxy groups -OCH3 is 2. The van der Waals surface area contributed by atoms with Gasteiger partial charge in [0.15, 0.2) is 5.78 Å². The van der Waals surface area contributed by atoms with Crippen LogP contribution in [0.3, 0.4) is 0 Å². The van der Waals surface area contributed by atoms with Crippen LogP contribution in [-0.2, 0) is 6.42 Å². The highest BCUT2D eigenvalue weighted by Crippen LogP contribution is 2.41. The first-order valence-corrected chi connectivity index (χ1v) is 8.37. The van der Waals surface area contributed by atoms with Crippen LogP contribution in [0.5, 0.6) is 17.2 Å². The number of carbonyl (C=O) groups excluding carboxylic acids is 1. The fraction of sp³-hybridized carbons (Fsp3) is 0.136. The van der Waals surface area contributed by atoms with Gasteiger partial charge in [0.05, 0.1) is 25.9 Å². The number of aromatic hydroxyl groups is 1. The number of para-hydroxylation sites is 1. The molecule has 3 rings (SSSR count). The number of allylic oxidation sites excluding steroid dienone is 2. The minimum Gasteiger partial charge on any atom is -0.507 e. The van der Waals surface area contributed by atoms with Gasteiger partial charge in [0.25, 0.3) is 0 Å². The molecule has 1 N–H and O–H groups in total. The zero-order valence-corrected chi connectivity index (χ0v) is 15.2. The van der Waals surface area contributed by atoms with Gasteiger partial charge in [0, 0.05) is 11.1 Å². The van der Waals surface area contributed by atoms with E-state index in [1.807, 2.05) is 24.3 Å². The Morgan fingerprint density at radius 2 is 2.00 bits per heavy atom. The largest absolute Gasteiger partial charge is 0.507 e. The summed E-state index contributed by atoms with van der Waals surface area (Å²) in [6.45, 7) is 3.70. The molecule has 2 aromatic carbocycles. The zero-order valence-electron chi connectivity index (χ0n) is 15.2. The van der Waals surface area contributed by atoms with Gasteiger partial charge in [0.1, 0.15) is 28.4 Å². The fourth-order valence-corrected chi connectivity index (χ4v) is 3.05. The lowest BCUT2D eigenvalue weighted by Crippen LogP contribution is -2.03. The smallest absolute Gasteiger partial charge is 0.193 e. The van der Waals surface area contributed by atoms with E-state index in [1.54, 1.807) is 25.3 Å². The summed E-state index contributed by atoms with van der Waals surface area (Å²) in [7, 11) is 3.02. The van der Waals surface area contributed by atoms with Crippen LogP contribution in [0.15, 0.2) is 59.7 Å². The summed E-state index contributed by atoms with van der Waals surface area (Å²) in [5.41, 5.74) is 1.83. The molecule has 0 aliphatic rings. The molecule has 5 heteroatoms. The lowest BCUT2D eigenvalue weighted by molar-refractivity contribution is 0.104. The van der Waals surface area contributed by atoms with Crippen molar-refractivity contribution in [3.8, 4) is 17.2 Å². The summed E-state index contributed by atoms with van der Waals surface area (Å²) < 4.78 is 16.2. The van der Waals surface area contributed by atoms with Crippen LogP contribution in [0.1, 0.15) is 21.5 Å². The second-order valence-corrected chi connectivity index (χ2v) is 5.83. The number of fused-ring (bicyclic) bond motifs is 1. The molecular weight excluding hydrogens is 344 g/mol. The molecule has 0 radical (unpaired) electrons. The summed E-state index contributed by atoms with van der Waals surface area (Å²) in [6.07, 6.45) is 6.53. The number of hydrogen-bond donors (Lipinski definition) is 1. The number of carbonyl (C=O) groups is 1. The Hall–Kier alpha value is -3.47. The molecule has 1 heterocycles. The summed E-state index contributed by atoms with van der Waals surface area (Å²) in [6, 6.07) is 9.05. The molecule has 0 bridgehead atoms. The summed E-state index contributed by atoms with van der Waals surface area (Å²) >= 11 is 0. The topological polar surface area (TPSA) is 68.9 Å². The number of phenols is 1. The van der Waals surface area contributed by atoms with E-state index in [1.165, 1.54) is 19.4 Å². The van der Waals surface area contributed by atoms with Gasteiger partial charge in [-0.05, 0) is 30.7 Å². The van der Waals surface area contributed by atoms with Crippen molar-refractivity contribution < 1.29 is 23.8 Å². The third kappa shape index (κ3) is 3.31. The molecule has 0 atom stereocenters. The van der Waals surface area contributed by atoms with E-state index in [2.05, 4.69) is 6.58 Å². The molecule has 0 saturated carbocycles. The molecule has 0 aliphatic heterocycles. The van der Waals surface area contributed by atoms with Crippen molar-refractivity contribution in [3.05, 3.63) is 72.0 Å². The number of phenolic OH excluding ortho intramolecular Hbond substituents is 1. The highest BCUT2D eigenvalue weighted by molar-refractivity contribution is 6.14. The minimum absolute atomic E-state index is 0.0920. The van der Waals surface area contributed by atoms with E-state index in [9.17, 15) is 9.90 Å². The molecule has 0 fully saturated rings. The van der Waals surface area contributed by atoms with E-state index in [0.717, 1.165) is 5.56 Å². The van der Waals surface area contributed by atoms with Crippen LogP contribution in [0.25, 0.3) is 17.0 Å². The van der Waals surface area contributed by atoms with E-state index in [4.69, 9.17) is 13.9 Å². The van der Waals surface area contributed by atoms with Crippen LogP contribution < -0.4 is 9.47 Å². The second kappa shape index (κ2) is 7.83. The first-order valence-electron chi connectivity index (χ1n) is 8.37. The molecule has 0 unspecified atom stereocenters. The lowest BCUT2D eigenvalue weighted by Gasteiger charge is -2.13. The first-order chi connectivity index (χ1) is 13.1. The predicted molar refractivity (Wildman–Crippen MR) is 105 cm³/mol. The molecule has 5 nitrogen and oxygen atoms in total. The van der Waals surface area contributed by atoms with Crippen LogP contribution in [0, 0.1) is 0 Å². The third-order valence-corrected chi connectivity index (χ3v) is 4.29. The van der Waals surface area contributed by atoms with E-state index in [-0.39, 0.29) is 22.8 Å². The molecule has 27 heavy (non-hydrogen) atoms. The molecule has 1 aromatic heterocycles. The highest BCUT2D eigenvalue weighted by Gasteiger charge is 2.24. The quantitative estimate of drug-likeness (QED) is 0.371. The Balaban J connectivity index is 2.12. The van der Waals surface area contributed by atoms with Gasteiger partial charge < -0.3 is 19.0 Å². The molecule has 0 amide bonds. The van der Waals surface area contributed by atoms with Gasteiger partial charge in [-0.2, -0.15) is 0 Å². The SMILES string of the molecule is C=CCc1c(O)c(C(=O)/C=C/c2ccccc2OC)c(OC)c2ccoc12. The number of ether oxygens (including phenoxy) is 2. The number of benzene rings is 2. The zero-order chi connectivity index (χ0) is 19.4. The van der Waals surface area contributed by atoms with Gasteiger partial charge in [-0.3, -0.25) is 4.79 Å². The van der Waals surface area contributed by atoms with Gasteiger partial charge in [-0.25, -0.2) is 0 Å². The maximum Gasteiger partial charge on any atom is 0.193 e. The Morgan fingerprint density at radius 3 is 2.70 bits per heavy atom. The summed E-state index contributed by atoms with van der Waals surface area (Å²) in [5, 5.41) is 11.4. The molecule has 0 spiro atoms. The minimum atomic E-state index is -0.385. The first kappa shape index (κ1) is 18.3. The average molecular weight is 364 g/mol. The van der Waals surface area contributed by atoms with Gasteiger partial charge in [-0.1, -0.05) is 24.3 Å². The highest BCUT2D eigenvalue weighted by atomic mass is 16.5.